The number of amides is 1. The minimum atomic E-state index is -0.283. The van der Waals surface area contributed by atoms with Gasteiger partial charge in [-0.25, -0.2) is 14.4 Å². The molecule has 1 aliphatic rings. The van der Waals surface area contributed by atoms with E-state index in [1.165, 1.54) is 12.1 Å². The van der Waals surface area contributed by atoms with Crippen LogP contribution in [0, 0.1) is 11.7 Å². The summed E-state index contributed by atoms with van der Waals surface area (Å²) in [5, 5.41) is 13.9. The van der Waals surface area contributed by atoms with Crippen molar-refractivity contribution >= 4 is 33.7 Å². The van der Waals surface area contributed by atoms with Gasteiger partial charge < -0.3 is 15.6 Å². The SMILES string of the molecule is O=C(CC1CCNCC1)Nc1cncc(-c2ccc3[nH]nc(-c4nc5c(-c6ccc(F)cc6)cccc5[nH]4)c3n2)c1. The quantitative estimate of drug-likeness (QED) is 0.213. The number of nitrogens with one attached hydrogen (secondary N) is 4. The molecule has 5 heterocycles. The number of para-hydroxylation sites is 1. The maximum absolute atomic E-state index is 13.5. The van der Waals surface area contributed by atoms with Crippen molar-refractivity contribution in [3.8, 4) is 33.9 Å². The summed E-state index contributed by atoms with van der Waals surface area (Å²) in [6, 6.07) is 17.9. The van der Waals surface area contributed by atoms with Gasteiger partial charge in [0.25, 0.3) is 0 Å². The lowest BCUT2D eigenvalue weighted by molar-refractivity contribution is -0.117. The molecule has 0 saturated carbocycles. The second kappa shape index (κ2) is 10.5. The van der Waals surface area contributed by atoms with E-state index < -0.39 is 0 Å². The Labute approximate surface area is 234 Å². The lowest BCUT2D eigenvalue weighted by Crippen LogP contribution is -2.30. The Morgan fingerprint density at radius 3 is 2.63 bits per heavy atom. The number of piperidine rings is 1. The Kier molecular flexibility index (Phi) is 6.44. The number of H-pyrrole nitrogens is 2. The standard InChI is InChI=1S/C31H27FN8O/c32-21-6-4-19(5-7-21)23-2-1-3-25-28(23)38-31(37-25)30-29-26(39-40-30)9-8-24(36-29)20-15-22(17-34-16-20)35-27(41)14-18-10-12-33-13-11-18/h1-9,15-18,33H,10-14H2,(H,35,41)(H,37,38)(H,39,40). The summed E-state index contributed by atoms with van der Waals surface area (Å²) in [6.07, 6.45) is 5.92. The number of aromatic amines is 2. The summed E-state index contributed by atoms with van der Waals surface area (Å²) in [5.74, 6) is 0.693. The second-order valence-electron chi connectivity index (χ2n) is 10.4. The highest BCUT2D eigenvalue weighted by Crippen LogP contribution is 2.32. The molecule has 9 nitrogen and oxygen atoms in total. The van der Waals surface area contributed by atoms with E-state index in [1.807, 2.05) is 36.4 Å². The van der Waals surface area contributed by atoms with Gasteiger partial charge in [0.15, 0.2) is 11.5 Å². The number of aromatic nitrogens is 6. The van der Waals surface area contributed by atoms with E-state index in [9.17, 15) is 9.18 Å². The molecule has 0 unspecified atom stereocenters. The number of rotatable bonds is 6. The monoisotopic (exact) mass is 546 g/mol. The van der Waals surface area contributed by atoms with Crippen molar-refractivity contribution in [2.45, 2.75) is 19.3 Å². The number of anilines is 1. The van der Waals surface area contributed by atoms with Crippen LogP contribution in [0.5, 0.6) is 0 Å². The molecule has 41 heavy (non-hydrogen) atoms. The van der Waals surface area contributed by atoms with E-state index in [0.717, 1.165) is 59.2 Å². The van der Waals surface area contributed by atoms with Crippen molar-refractivity contribution in [1.82, 2.24) is 35.5 Å². The fourth-order valence-corrected chi connectivity index (χ4v) is 5.44. The molecular formula is C31H27FN8O. The Morgan fingerprint density at radius 1 is 0.927 bits per heavy atom. The van der Waals surface area contributed by atoms with Crippen LogP contribution in [-0.2, 0) is 4.79 Å². The zero-order valence-corrected chi connectivity index (χ0v) is 22.1. The van der Waals surface area contributed by atoms with E-state index in [-0.39, 0.29) is 11.7 Å². The largest absolute Gasteiger partial charge is 0.336 e. The summed E-state index contributed by atoms with van der Waals surface area (Å²) >= 11 is 0. The molecule has 2 aromatic carbocycles. The topological polar surface area (TPSA) is 124 Å². The number of imidazole rings is 1. The van der Waals surface area contributed by atoms with Gasteiger partial charge in [0.1, 0.15) is 11.3 Å². The molecule has 1 fully saturated rings. The van der Waals surface area contributed by atoms with Crippen LogP contribution >= 0.6 is 0 Å². The summed E-state index contributed by atoms with van der Waals surface area (Å²) in [5.41, 5.74) is 7.49. The number of carbonyl (C=O) groups is 1. The van der Waals surface area contributed by atoms with Crippen molar-refractivity contribution in [3.63, 3.8) is 0 Å². The third-order valence-corrected chi connectivity index (χ3v) is 7.55. The van der Waals surface area contributed by atoms with Crippen LogP contribution in [0.15, 0.2) is 73.1 Å². The molecule has 0 radical (unpaired) electrons. The first-order chi connectivity index (χ1) is 20.1. The van der Waals surface area contributed by atoms with E-state index in [0.29, 0.717) is 40.8 Å². The Morgan fingerprint density at radius 2 is 1.78 bits per heavy atom. The molecule has 0 bridgehead atoms. The molecule has 4 aromatic heterocycles. The predicted molar refractivity (Wildman–Crippen MR) is 156 cm³/mol. The van der Waals surface area contributed by atoms with Gasteiger partial charge in [-0.1, -0.05) is 24.3 Å². The molecule has 1 aliphatic heterocycles. The molecule has 204 valence electrons. The minimum Gasteiger partial charge on any atom is -0.336 e. The highest BCUT2D eigenvalue weighted by atomic mass is 19.1. The van der Waals surface area contributed by atoms with Gasteiger partial charge in [0.2, 0.25) is 5.91 Å². The Bertz CT molecular complexity index is 1870. The van der Waals surface area contributed by atoms with Gasteiger partial charge in [0, 0.05) is 23.7 Å². The maximum Gasteiger partial charge on any atom is 0.224 e. The number of nitrogens with zero attached hydrogens (tertiary/aromatic N) is 4. The predicted octanol–water partition coefficient (Wildman–Crippen LogP) is 5.70. The molecule has 10 heteroatoms. The number of fused-ring (bicyclic) bond motifs is 2. The van der Waals surface area contributed by atoms with Crippen molar-refractivity contribution in [2.75, 3.05) is 18.4 Å². The number of pyridine rings is 2. The van der Waals surface area contributed by atoms with E-state index in [4.69, 9.17) is 9.97 Å². The summed E-state index contributed by atoms with van der Waals surface area (Å²) in [6.45, 7) is 1.92. The third-order valence-electron chi connectivity index (χ3n) is 7.55. The average molecular weight is 547 g/mol. The van der Waals surface area contributed by atoms with Crippen LogP contribution in [-0.4, -0.2) is 49.1 Å². The molecule has 0 aliphatic carbocycles. The third kappa shape index (κ3) is 5.05. The van der Waals surface area contributed by atoms with Crippen LogP contribution in [0.25, 0.3) is 56.0 Å². The van der Waals surface area contributed by atoms with Crippen molar-refractivity contribution < 1.29 is 9.18 Å². The van der Waals surface area contributed by atoms with Gasteiger partial charge in [0.05, 0.1) is 34.1 Å². The van der Waals surface area contributed by atoms with Crippen LogP contribution in [0.4, 0.5) is 10.1 Å². The van der Waals surface area contributed by atoms with Gasteiger partial charge in [-0.15, -0.1) is 0 Å². The molecular weight excluding hydrogens is 519 g/mol. The van der Waals surface area contributed by atoms with Crippen LogP contribution in [0.3, 0.4) is 0 Å². The summed E-state index contributed by atoms with van der Waals surface area (Å²) in [7, 11) is 0. The van der Waals surface area contributed by atoms with Crippen molar-refractivity contribution in [1.29, 1.82) is 0 Å². The number of hydrogen-bond donors (Lipinski definition) is 4. The van der Waals surface area contributed by atoms with Crippen LogP contribution in [0.1, 0.15) is 19.3 Å². The number of carbonyl (C=O) groups excluding carboxylic acids is 1. The van der Waals surface area contributed by atoms with Crippen molar-refractivity contribution in [2.24, 2.45) is 5.92 Å². The van der Waals surface area contributed by atoms with Crippen LogP contribution < -0.4 is 10.6 Å². The minimum absolute atomic E-state index is 0.00118. The molecule has 1 saturated heterocycles. The highest BCUT2D eigenvalue weighted by Gasteiger charge is 2.19. The zero-order valence-electron chi connectivity index (χ0n) is 22.1. The fourth-order valence-electron chi connectivity index (χ4n) is 5.44. The molecule has 1 amide bonds. The zero-order chi connectivity index (χ0) is 27.8. The first-order valence-corrected chi connectivity index (χ1v) is 13.7. The maximum atomic E-state index is 13.5. The highest BCUT2D eigenvalue weighted by molar-refractivity contribution is 5.96. The number of hydrogen-bond acceptors (Lipinski definition) is 6. The summed E-state index contributed by atoms with van der Waals surface area (Å²) in [4.78, 5) is 30.1. The van der Waals surface area contributed by atoms with Crippen LogP contribution in [0.2, 0.25) is 0 Å². The van der Waals surface area contributed by atoms with Crippen molar-refractivity contribution in [3.05, 3.63) is 78.9 Å². The smallest absolute Gasteiger partial charge is 0.224 e. The first-order valence-electron chi connectivity index (χ1n) is 13.7. The first kappa shape index (κ1) is 25.0. The molecule has 6 aromatic rings. The van der Waals surface area contributed by atoms with E-state index >= 15 is 0 Å². The molecule has 0 spiro atoms. The number of halogens is 1. The molecule has 7 rings (SSSR count). The fraction of sp³-hybridized carbons (Fsp3) is 0.194. The molecule has 0 atom stereocenters. The lowest BCUT2D eigenvalue weighted by atomic mass is 9.94. The average Bonchev–Trinajstić information content (AvgIpc) is 3.62. The second-order valence-corrected chi connectivity index (χ2v) is 10.4. The Hall–Kier alpha value is -4.96. The lowest BCUT2D eigenvalue weighted by Gasteiger charge is -2.21. The molecule has 4 N–H and O–H groups in total. The van der Waals surface area contributed by atoms with Gasteiger partial charge >= 0.3 is 0 Å². The van der Waals surface area contributed by atoms with Gasteiger partial charge in [-0.05, 0) is 73.8 Å². The van der Waals surface area contributed by atoms with Gasteiger partial charge in [-0.3, -0.25) is 14.9 Å². The summed E-state index contributed by atoms with van der Waals surface area (Å²) < 4.78 is 13.5. The van der Waals surface area contributed by atoms with E-state index in [1.54, 1.807) is 24.5 Å². The van der Waals surface area contributed by atoms with E-state index in [2.05, 4.69) is 30.8 Å². The Balaban J connectivity index is 1.19. The van der Waals surface area contributed by atoms with Gasteiger partial charge in [-0.2, -0.15) is 5.10 Å². The normalized spacial score (nSPS) is 14.1. The number of benzene rings is 2.